The van der Waals surface area contributed by atoms with Crippen LogP contribution in [0.2, 0.25) is 0 Å². The first-order valence-corrected chi connectivity index (χ1v) is 10.1. The number of amides is 3. The number of piperidine rings is 1. The number of aromatic nitrogens is 2. The number of benzene rings is 1. The number of rotatable bonds is 5. The average Bonchev–Trinajstić information content (AvgIpc) is 3.16. The first-order chi connectivity index (χ1) is 13.5. The third-order valence-electron chi connectivity index (χ3n) is 6.00. The van der Waals surface area contributed by atoms with Gasteiger partial charge in [-0.3, -0.25) is 9.89 Å². The summed E-state index contributed by atoms with van der Waals surface area (Å²) in [6.07, 6.45) is 5.29. The number of anilines is 1. The normalized spacial score (nSPS) is 24.3. The highest BCUT2D eigenvalue weighted by Gasteiger charge is 2.39. The van der Waals surface area contributed by atoms with E-state index in [1.807, 2.05) is 13.0 Å². The molecule has 28 heavy (non-hydrogen) atoms. The van der Waals surface area contributed by atoms with Gasteiger partial charge in [-0.15, -0.1) is 0 Å². The first-order valence-electron chi connectivity index (χ1n) is 10.1. The van der Waals surface area contributed by atoms with E-state index in [1.165, 1.54) is 12.8 Å². The lowest BCUT2D eigenvalue weighted by molar-refractivity contribution is 0.0879. The van der Waals surface area contributed by atoms with E-state index in [2.05, 4.69) is 38.1 Å². The number of nitrogens with zero attached hydrogens (tertiary/aromatic N) is 2. The highest BCUT2D eigenvalue weighted by Crippen LogP contribution is 2.34. The van der Waals surface area contributed by atoms with Gasteiger partial charge in [-0.05, 0) is 57.4 Å². The number of aromatic amines is 1. The van der Waals surface area contributed by atoms with Crippen LogP contribution < -0.4 is 16.0 Å². The maximum Gasteiger partial charge on any atom is 0.319 e. The number of hydrogen-bond donors (Lipinski definition) is 4. The fourth-order valence-corrected chi connectivity index (χ4v) is 4.46. The minimum atomic E-state index is -0.252. The van der Waals surface area contributed by atoms with Crippen molar-refractivity contribution >= 4 is 28.5 Å². The Morgan fingerprint density at radius 3 is 2.71 bits per heavy atom. The molecule has 2 saturated heterocycles. The molecule has 2 bridgehead atoms. The molecule has 1 aromatic carbocycles. The number of H-pyrrole nitrogens is 1. The van der Waals surface area contributed by atoms with Gasteiger partial charge in [0.05, 0.1) is 5.52 Å². The van der Waals surface area contributed by atoms with E-state index in [4.69, 9.17) is 0 Å². The fraction of sp³-hybridized carbons (Fsp3) is 0.550. The van der Waals surface area contributed by atoms with E-state index in [0.29, 0.717) is 35.4 Å². The van der Waals surface area contributed by atoms with E-state index in [1.54, 1.807) is 12.1 Å². The van der Waals surface area contributed by atoms with Gasteiger partial charge in [-0.25, -0.2) is 4.79 Å². The monoisotopic (exact) mass is 384 g/mol. The Morgan fingerprint density at radius 2 is 2.00 bits per heavy atom. The molecular formula is C20H28N6O2. The molecular weight excluding hydrogens is 356 g/mol. The van der Waals surface area contributed by atoms with Crippen LogP contribution in [0, 0.1) is 0 Å². The van der Waals surface area contributed by atoms with Crippen LogP contribution in [0.1, 0.15) is 49.5 Å². The lowest BCUT2D eigenvalue weighted by atomic mass is 9.98. The van der Waals surface area contributed by atoms with Crippen LogP contribution >= 0.6 is 0 Å². The second kappa shape index (κ2) is 7.79. The number of urea groups is 1. The van der Waals surface area contributed by atoms with Gasteiger partial charge >= 0.3 is 6.03 Å². The van der Waals surface area contributed by atoms with Crippen LogP contribution in [0.3, 0.4) is 0 Å². The van der Waals surface area contributed by atoms with Gasteiger partial charge in [0.1, 0.15) is 0 Å². The third-order valence-corrected chi connectivity index (χ3v) is 6.00. The smallest absolute Gasteiger partial charge is 0.319 e. The lowest BCUT2D eigenvalue weighted by Gasteiger charge is -2.36. The van der Waals surface area contributed by atoms with Crippen molar-refractivity contribution in [3.63, 3.8) is 0 Å². The van der Waals surface area contributed by atoms with Crippen LogP contribution in [0.15, 0.2) is 18.2 Å². The van der Waals surface area contributed by atoms with Gasteiger partial charge in [-0.1, -0.05) is 6.92 Å². The van der Waals surface area contributed by atoms with Crippen LogP contribution in [0.4, 0.5) is 10.5 Å². The van der Waals surface area contributed by atoms with Crippen LogP contribution in [0.25, 0.3) is 10.9 Å². The Kier molecular flexibility index (Phi) is 5.21. The van der Waals surface area contributed by atoms with Gasteiger partial charge < -0.3 is 20.9 Å². The Balaban J connectivity index is 1.46. The van der Waals surface area contributed by atoms with Crippen molar-refractivity contribution in [1.82, 2.24) is 25.7 Å². The van der Waals surface area contributed by atoms with Crippen molar-refractivity contribution in [2.24, 2.45) is 0 Å². The molecule has 0 radical (unpaired) electrons. The molecule has 1 unspecified atom stereocenters. The van der Waals surface area contributed by atoms with Crippen molar-refractivity contribution < 1.29 is 9.59 Å². The second-order valence-corrected chi connectivity index (χ2v) is 7.91. The van der Waals surface area contributed by atoms with Crippen molar-refractivity contribution in [1.29, 1.82) is 0 Å². The molecule has 4 N–H and O–H groups in total. The fourth-order valence-electron chi connectivity index (χ4n) is 4.46. The van der Waals surface area contributed by atoms with Crippen LogP contribution in [0.5, 0.6) is 0 Å². The zero-order valence-corrected chi connectivity index (χ0v) is 16.4. The topological polar surface area (TPSA) is 102 Å². The number of fused-ring (bicyclic) bond motifs is 3. The summed E-state index contributed by atoms with van der Waals surface area (Å²) in [5, 5.41) is 16.6. The number of carbonyl (C=O) groups excluding carboxylic acids is 2. The summed E-state index contributed by atoms with van der Waals surface area (Å²) < 4.78 is 0. The Bertz CT molecular complexity index is 865. The highest BCUT2D eigenvalue weighted by atomic mass is 16.2. The Labute approximate surface area is 164 Å². The van der Waals surface area contributed by atoms with E-state index in [9.17, 15) is 9.59 Å². The van der Waals surface area contributed by atoms with Gasteiger partial charge in [0.2, 0.25) is 0 Å². The molecule has 2 aromatic rings. The van der Waals surface area contributed by atoms with Gasteiger partial charge in [0, 0.05) is 35.7 Å². The summed E-state index contributed by atoms with van der Waals surface area (Å²) in [6.45, 7) is 2.62. The minimum absolute atomic E-state index is 0.159. The SMILES string of the molecule is CCCNC(=O)Nc1ccc2[nH]nc(C(=O)NC3C[C@H]4CC[C@@H](C3)N4C)c2c1. The summed E-state index contributed by atoms with van der Waals surface area (Å²) >= 11 is 0. The van der Waals surface area contributed by atoms with Gasteiger partial charge in [-0.2, -0.15) is 5.10 Å². The molecule has 0 aliphatic carbocycles. The summed E-state index contributed by atoms with van der Waals surface area (Å²) in [6, 6.07) is 6.48. The average molecular weight is 384 g/mol. The molecule has 3 atom stereocenters. The predicted octanol–water partition coefficient (Wildman–Crippen LogP) is 2.45. The predicted molar refractivity (Wildman–Crippen MR) is 108 cm³/mol. The third kappa shape index (κ3) is 3.69. The summed E-state index contributed by atoms with van der Waals surface area (Å²) in [5.41, 5.74) is 1.78. The summed E-state index contributed by atoms with van der Waals surface area (Å²) in [5.74, 6) is -0.159. The molecule has 0 spiro atoms. The largest absolute Gasteiger partial charge is 0.348 e. The molecule has 3 heterocycles. The van der Waals surface area contributed by atoms with E-state index >= 15 is 0 Å². The van der Waals surface area contributed by atoms with E-state index < -0.39 is 0 Å². The zero-order chi connectivity index (χ0) is 19.7. The van der Waals surface area contributed by atoms with Crippen LogP contribution in [-0.2, 0) is 0 Å². The minimum Gasteiger partial charge on any atom is -0.348 e. The molecule has 2 aliphatic heterocycles. The molecule has 3 amide bonds. The molecule has 8 nitrogen and oxygen atoms in total. The second-order valence-electron chi connectivity index (χ2n) is 7.91. The van der Waals surface area contributed by atoms with Crippen molar-refractivity contribution in [3.8, 4) is 0 Å². The van der Waals surface area contributed by atoms with Gasteiger partial charge in [0.15, 0.2) is 5.69 Å². The standard InChI is InChI=1S/C20H28N6O2/c1-3-8-21-20(28)23-12-4-7-17-16(11-12)18(25-24-17)19(27)22-13-9-14-5-6-15(10-13)26(14)2/h4,7,11,13-15H,3,5-6,8-10H2,1-2H3,(H,22,27)(H,24,25)(H2,21,23,28)/t13?,14-,15+. The molecule has 4 rings (SSSR count). The number of nitrogens with one attached hydrogen (secondary N) is 4. The number of hydrogen-bond acceptors (Lipinski definition) is 4. The lowest BCUT2D eigenvalue weighted by Crippen LogP contribution is -2.48. The number of carbonyl (C=O) groups is 2. The zero-order valence-electron chi connectivity index (χ0n) is 16.4. The molecule has 8 heteroatoms. The van der Waals surface area contributed by atoms with Crippen molar-refractivity contribution in [3.05, 3.63) is 23.9 Å². The quantitative estimate of drug-likeness (QED) is 0.636. The molecule has 2 aliphatic rings. The van der Waals surface area contributed by atoms with E-state index in [-0.39, 0.29) is 18.0 Å². The first kappa shape index (κ1) is 18.7. The molecule has 0 saturated carbocycles. The molecule has 1 aromatic heterocycles. The maximum absolute atomic E-state index is 12.9. The van der Waals surface area contributed by atoms with E-state index in [0.717, 1.165) is 24.8 Å². The van der Waals surface area contributed by atoms with Crippen molar-refractivity contribution in [2.45, 2.75) is 57.2 Å². The van der Waals surface area contributed by atoms with Crippen molar-refractivity contribution in [2.75, 3.05) is 18.9 Å². The molecule has 2 fully saturated rings. The highest BCUT2D eigenvalue weighted by molar-refractivity contribution is 6.06. The van der Waals surface area contributed by atoms with Gasteiger partial charge in [0.25, 0.3) is 5.91 Å². The van der Waals surface area contributed by atoms with Crippen LogP contribution in [-0.4, -0.2) is 58.8 Å². The Morgan fingerprint density at radius 1 is 1.25 bits per heavy atom. The summed E-state index contributed by atoms with van der Waals surface area (Å²) in [7, 11) is 2.19. The Hall–Kier alpha value is -2.61. The summed E-state index contributed by atoms with van der Waals surface area (Å²) in [4.78, 5) is 27.2. The molecule has 150 valence electrons. The maximum atomic E-state index is 12.9.